The Morgan fingerprint density at radius 2 is 2.00 bits per heavy atom. The van der Waals surface area contributed by atoms with Crippen LogP contribution in [0.5, 0.6) is 0 Å². The van der Waals surface area contributed by atoms with Crippen molar-refractivity contribution in [2.24, 2.45) is 10.9 Å². The lowest BCUT2D eigenvalue weighted by Gasteiger charge is -2.28. The molecule has 0 aromatic rings. The van der Waals surface area contributed by atoms with Gasteiger partial charge in [-0.25, -0.2) is 18.6 Å². The van der Waals surface area contributed by atoms with Crippen molar-refractivity contribution in [1.82, 2.24) is 0 Å². The Labute approximate surface area is 109 Å². The van der Waals surface area contributed by atoms with Crippen LogP contribution < -0.4 is 5.11 Å². The van der Waals surface area contributed by atoms with Gasteiger partial charge in [-0.05, 0) is 6.42 Å². The molecule has 4 nitrogen and oxygen atoms in total. The number of rotatable bonds is 3. The predicted molar refractivity (Wildman–Crippen MR) is 54.5 cm³/mol. The molecule has 1 heterocycles. The number of aliphatic carboxylic acids is 1. The van der Waals surface area contributed by atoms with E-state index in [1.807, 2.05) is 0 Å². The first-order valence-electron chi connectivity index (χ1n) is 5.29. The number of alkyl halides is 5. The van der Waals surface area contributed by atoms with Crippen LogP contribution in [-0.2, 0) is 9.59 Å². The molecule has 1 rings (SSSR count). The maximum atomic E-state index is 12.7. The van der Waals surface area contributed by atoms with Gasteiger partial charge in [-0.1, -0.05) is 6.92 Å². The lowest BCUT2D eigenvalue weighted by Crippen LogP contribution is -2.38. The molecule has 1 atom stereocenters. The summed E-state index contributed by atoms with van der Waals surface area (Å²) in [5.41, 5.74) is -5.61. The molecular weight excluding hydrogens is 289 g/mol. The van der Waals surface area contributed by atoms with Gasteiger partial charge in [0.1, 0.15) is 11.7 Å². The van der Waals surface area contributed by atoms with Gasteiger partial charge in [-0.2, -0.15) is 13.2 Å². The van der Waals surface area contributed by atoms with Crippen molar-refractivity contribution in [3.8, 4) is 0 Å². The topological polar surface area (TPSA) is 69.6 Å². The lowest BCUT2D eigenvalue weighted by atomic mass is 9.83. The minimum atomic E-state index is -5.25. The quantitative estimate of drug-likeness (QED) is 0.577. The van der Waals surface area contributed by atoms with Crippen LogP contribution in [0.3, 0.4) is 0 Å². The highest BCUT2D eigenvalue weighted by molar-refractivity contribution is 6.12. The van der Waals surface area contributed by atoms with Crippen LogP contribution in [0, 0.1) is 5.92 Å². The molecule has 0 aromatic heterocycles. The maximum Gasteiger partial charge on any atom is 0.433 e. The van der Waals surface area contributed by atoms with E-state index in [4.69, 9.17) is 0 Å². The number of carboxylic acid groups (broad SMARTS) is 1. The van der Waals surface area contributed by atoms with Gasteiger partial charge in [0, 0.05) is 11.5 Å². The second-order valence-corrected chi connectivity index (χ2v) is 3.82. The Kier molecular flexibility index (Phi) is 4.44. The molecule has 20 heavy (non-hydrogen) atoms. The van der Waals surface area contributed by atoms with Gasteiger partial charge in [0.05, 0.1) is 11.5 Å². The van der Waals surface area contributed by atoms with Gasteiger partial charge in [-0.3, -0.25) is 0 Å². The van der Waals surface area contributed by atoms with Crippen molar-refractivity contribution < 1.29 is 36.6 Å². The molecule has 9 heteroatoms. The molecule has 1 aliphatic heterocycles. The molecule has 0 spiro atoms. The van der Waals surface area contributed by atoms with Crippen LogP contribution >= 0.6 is 0 Å². The molecule has 0 saturated heterocycles. The van der Waals surface area contributed by atoms with E-state index >= 15 is 0 Å². The van der Waals surface area contributed by atoms with E-state index < -0.39 is 47.0 Å². The Bertz CT molecular complexity index is 541. The van der Waals surface area contributed by atoms with E-state index in [9.17, 15) is 36.6 Å². The SMILES string of the molecule is CCC1C(=C=O)C(C(F)F)=NC(C(F)(F)F)=C1C(=O)[O-]. The van der Waals surface area contributed by atoms with Crippen molar-refractivity contribution >= 4 is 17.6 Å². The first kappa shape index (κ1) is 16.0. The summed E-state index contributed by atoms with van der Waals surface area (Å²) < 4.78 is 63.5. The molecular formula is C11H7F5NO3-. The predicted octanol–water partition coefficient (Wildman–Crippen LogP) is 1.06. The second-order valence-electron chi connectivity index (χ2n) is 3.82. The van der Waals surface area contributed by atoms with Gasteiger partial charge in [0.15, 0.2) is 5.70 Å². The number of carbonyl (C=O) groups excluding carboxylic acids is 2. The molecule has 0 radical (unpaired) electrons. The van der Waals surface area contributed by atoms with Crippen molar-refractivity contribution in [1.29, 1.82) is 0 Å². The monoisotopic (exact) mass is 296 g/mol. The zero-order chi connectivity index (χ0) is 15.7. The summed E-state index contributed by atoms with van der Waals surface area (Å²) >= 11 is 0. The van der Waals surface area contributed by atoms with Crippen LogP contribution in [0.2, 0.25) is 0 Å². The van der Waals surface area contributed by atoms with Crippen molar-refractivity contribution in [3.05, 3.63) is 16.8 Å². The smallest absolute Gasteiger partial charge is 0.433 e. The third-order valence-corrected chi connectivity index (χ3v) is 2.67. The average molecular weight is 296 g/mol. The number of hydrogen-bond donors (Lipinski definition) is 0. The highest BCUT2D eigenvalue weighted by Gasteiger charge is 2.44. The molecule has 1 unspecified atom stereocenters. The van der Waals surface area contributed by atoms with Gasteiger partial charge in [0.25, 0.3) is 6.43 Å². The molecule has 0 N–H and O–H groups in total. The first-order chi connectivity index (χ1) is 9.15. The number of halogens is 5. The number of carboxylic acids is 1. The Morgan fingerprint density at radius 3 is 2.30 bits per heavy atom. The van der Waals surface area contributed by atoms with Gasteiger partial charge in [0.2, 0.25) is 0 Å². The van der Waals surface area contributed by atoms with Crippen LogP contribution in [0.4, 0.5) is 22.0 Å². The van der Waals surface area contributed by atoms with E-state index in [-0.39, 0.29) is 6.42 Å². The largest absolute Gasteiger partial charge is 0.545 e. The number of aliphatic imine (C=N–C) groups is 1. The van der Waals surface area contributed by atoms with Crippen molar-refractivity contribution in [2.45, 2.75) is 25.9 Å². The van der Waals surface area contributed by atoms with E-state index in [0.717, 1.165) is 5.94 Å². The Hall–Kier alpha value is -2.02. The molecule has 110 valence electrons. The summed E-state index contributed by atoms with van der Waals surface area (Å²) in [6.07, 6.45) is -9.03. The minimum Gasteiger partial charge on any atom is -0.545 e. The van der Waals surface area contributed by atoms with Crippen LogP contribution in [0.15, 0.2) is 21.8 Å². The zero-order valence-electron chi connectivity index (χ0n) is 9.92. The number of hydrogen-bond acceptors (Lipinski definition) is 4. The van der Waals surface area contributed by atoms with E-state index in [1.165, 1.54) is 6.92 Å². The van der Waals surface area contributed by atoms with Crippen LogP contribution in [0.1, 0.15) is 13.3 Å². The Balaban J connectivity index is 3.70. The summed E-state index contributed by atoms with van der Waals surface area (Å²) in [4.78, 5) is 24.1. The summed E-state index contributed by atoms with van der Waals surface area (Å²) in [5.74, 6) is -2.84. The highest BCUT2D eigenvalue weighted by Crippen LogP contribution is 2.39. The zero-order valence-corrected chi connectivity index (χ0v) is 9.92. The molecule has 0 fully saturated rings. The number of carbonyl (C=O) groups is 1. The maximum absolute atomic E-state index is 12.7. The number of allylic oxidation sites excluding steroid dienone is 2. The average Bonchev–Trinajstić information content (AvgIpc) is 2.34. The Morgan fingerprint density at radius 1 is 1.45 bits per heavy atom. The summed E-state index contributed by atoms with van der Waals surface area (Å²) in [5, 5.41) is 10.8. The molecule has 1 aliphatic rings. The summed E-state index contributed by atoms with van der Waals surface area (Å²) in [7, 11) is 0. The van der Waals surface area contributed by atoms with Gasteiger partial charge < -0.3 is 9.90 Å². The molecule has 0 aromatic carbocycles. The van der Waals surface area contributed by atoms with E-state index in [2.05, 4.69) is 4.99 Å². The second kappa shape index (κ2) is 5.54. The third-order valence-electron chi connectivity index (χ3n) is 2.67. The molecule has 0 aliphatic carbocycles. The van der Waals surface area contributed by atoms with Crippen LogP contribution in [0.25, 0.3) is 0 Å². The summed E-state index contributed by atoms with van der Waals surface area (Å²) in [6, 6.07) is 0. The molecule has 0 saturated carbocycles. The lowest BCUT2D eigenvalue weighted by molar-refractivity contribution is -0.300. The molecule has 0 amide bonds. The normalized spacial score (nSPS) is 20.1. The van der Waals surface area contributed by atoms with Gasteiger partial charge >= 0.3 is 6.18 Å². The fourth-order valence-electron chi connectivity index (χ4n) is 1.88. The first-order valence-corrected chi connectivity index (χ1v) is 5.29. The fourth-order valence-corrected chi connectivity index (χ4v) is 1.88. The van der Waals surface area contributed by atoms with E-state index in [0.29, 0.717) is 0 Å². The summed E-state index contributed by atoms with van der Waals surface area (Å²) in [6.45, 7) is 1.24. The third kappa shape index (κ3) is 2.77. The van der Waals surface area contributed by atoms with E-state index in [1.54, 1.807) is 0 Å². The van der Waals surface area contributed by atoms with Gasteiger partial charge in [-0.15, -0.1) is 0 Å². The van der Waals surface area contributed by atoms with Crippen LogP contribution in [-0.4, -0.2) is 30.2 Å². The number of nitrogens with zero attached hydrogens (tertiary/aromatic N) is 1. The highest BCUT2D eigenvalue weighted by atomic mass is 19.4. The fraction of sp³-hybridized carbons (Fsp3) is 0.455. The molecule has 0 bridgehead atoms. The minimum absolute atomic E-state index is 0.320. The van der Waals surface area contributed by atoms with Crippen molar-refractivity contribution in [2.75, 3.05) is 0 Å². The van der Waals surface area contributed by atoms with Crippen molar-refractivity contribution in [3.63, 3.8) is 0 Å². The standard InChI is InChI=1S/C11H8F5NO3/c1-2-4-5(3-18)7(9(12)13)17-8(11(14,15)16)6(4)10(19)20/h4,9H,2H2,1H3,(H,19,20)/p-1.